The molecule has 1 N–H and O–H groups in total. The molecule has 0 amide bonds. The number of nitrogens with zero attached hydrogens (tertiary/aromatic N) is 1. The van der Waals surface area contributed by atoms with Crippen LogP contribution in [0.2, 0.25) is 0 Å². The lowest BCUT2D eigenvalue weighted by molar-refractivity contribution is 0.0689. The fraction of sp³-hybridized carbons (Fsp3) is 1.00. The van der Waals surface area contributed by atoms with E-state index in [0.717, 1.165) is 18.0 Å². The Morgan fingerprint density at radius 3 is 2.50 bits per heavy atom. The predicted octanol–water partition coefficient (Wildman–Crippen LogP) is 3.52. The van der Waals surface area contributed by atoms with Gasteiger partial charge in [0.1, 0.15) is 0 Å². The molecule has 0 aromatic carbocycles. The Morgan fingerprint density at radius 2 is 2.00 bits per heavy atom. The minimum Gasteiger partial charge on any atom is -0.314 e. The Morgan fingerprint density at radius 1 is 1.33 bits per heavy atom. The topological polar surface area (TPSA) is 15.3 Å². The van der Waals surface area contributed by atoms with Crippen LogP contribution in [0.15, 0.2) is 0 Å². The van der Waals surface area contributed by atoms with Gasteiger partial charge in [0.15, 0.2) is 0 Å². The largest absolute Gasteiger partial charge is 0.314 e. The van der Waals surface area contributed by atoms with Gasteiger partial charge >= 0.3 is 0 Å². The van der Waals surface area contributed by atoms with Crippen molar-refractivity contribution in [2.45, 2.75) is 72.9 Å². The molecule has 1 aliphatic heterocycles. The first-order valence-corrected chi connectivity index (χ1v) is 7.84. The number of hydrogen-bond donors (Lipinski definition) is 1. The highest BCUT2D eigenvalue weighted by Gasteiger charge is 2.31. The van der Waals surface area contributed by atoms with E-state index in [0.29, 0.717) is 5.41 Å². The highest BCUT2D eigenvalue weighted by Crippen LogP contribution is 2.30. The Kier molecular flexibility index (Phi) is 6.13. The Hall–Kier alpha value is -0.0800. The van der Waals surface area contributed by atoms with Crippen molar-refractivity contribution in [2.24, 2.45) is 11.3 Å². The standard InChI is InChI=1S/C16H34N2/c1-7-9-17-15-8-10-18(14(4)11-15)12-16(5,6)13(2)3/h13-15,17H,7-12H2,1-6H3. The van der Waals surface area contributed by atoms with E-state index in [1.165, 1.54) is 38.9 Å². The highest BCUT2D eigenvalue weighted by molar-refractivity contribution is 4.86. The summed E-state index contributed by atoms with van der Waals surface area (Å²) in [5, 5.41) is 3.68. The molecule has 2 unspecified atom stereocenters. The zero-order valence-electron chi connectivity index (χ0n) is 13.4. The Balaban J connectivity index is 2.43. The van der Waals surface area contributed by atoms with Crippen LogP contribution >= 0.6 is 0 Å². The van der Waals surface area contributed by atoms with Gasteiger partial charge in [-0.25, -0.2) is 0 Å². The molecule has 0 radical (unpaired) electrons. The molecule has 2 atom stereocenters. The van der Waals surface area contributed by atoms with E-state index in [-0.39, 0.29) is 0 Å². The molecule has 108 valence electrons. The third kappa shape index (κ3) is 4.55. The number of piperidine rings is 1. The van der Waals surface area contributed by atoms with E-state index >= 15 is 0 Å². The molecule has 0 saturated carbocycles. The molecule has 18 heavy (non-hydrogen) atoms. The molecule has 1 rings (SSSR count). The Labute approximate surface area is 115 Å². The average molecular weight is 254 g/mol. The maximum Gasteiger partial charge on any atom is 0.00940 e. The van der Waals surface area contributed by atoms with E-state index in [9.17, 15) is 0 Å². The van der Waals surface area contributed by atoms with Gasteiger partial charge in [0.25, 0.3) is 0 Å². The first-order chi connectivity index (χ1) is 8.36. The molecule has 2 heteroatoms. The SMILES string of the molecule is CCCNC1CCN(CC(C)(C)C(C)C)C(C)C1. The van der Waals surface area contributed by atoms with E-state index in [2.05, 4.69) is 51.8 Å². The molecule has 0 spiro atoms. The molecule has 1 heterocycles. The summed E-state index contributed by atoms with van der Waals surface area (Å²) in [5.41, 5.74) is 0.429. The maximum absolute atomic E-state index is 3.68. The van der Waals surface area contributed by atoms with Crippen LogP contribution in [-0.4, -0.2) is 36.6 Å². The van der Waals surface area contributed by atoms with Crippen LogP contribution in [-0.2, 0) is 0 Å². The first kappa shape index (κ1) is 16.0. The molecule has 0 aromatic rings. The third-order valence-electron chi connectivity index (χ3n) is 4.87. The van der Waals surface area contributed by atoms with Crippen LogP contribution in [0.5, 0.6) is 0 Å². The monoisotopic (exact) mass is 254 g/mol. The summed E-state index contributed by atoms with van der Waals surface area (Å²) >= 11 is 0. The van der Waals surface area contributed by atoms with Crippen LogP contribution in [0.3, 0.4) is 0 Å². The lowest BCUT2D eigenvalue weighted by Gasteiger charge is -2.43. The van der Waals surface area contributed by atoms with E-state index in [1.54, 1.807) is 0 Å². The fourth-order valence-corrected chi connectivity index (χ4v) is 2.70. The number of rotatable bonds is 6. The molecule has 1 aliphatic rings. The van der Waals surface area contributed by atoms with Crippen molar-refractivity contribution in [2.75, 3.05) is 19.6 Å². The van der Waals surface area contributed by atoms with Crippen LogP contribution in [0.1, 0.15) is 60.8 Å². The third-order valence-corrected chi connectivity index (χ3v) is 4.87. The minimum atomic E-state index is 0.429. The number of likely N-dealkylation sites (tertiary alicyclic amines) is 1. The second-order valence-corrected chi connectivity index (χ2v) is 7.14. The van der Waals surface area contributed by atoms with Crippen molar-refractivity contribution in [3.05, 3.63) is 0 Å². The van der Waals surface area contributed by atoms with E-state index in [4.69, 9.17) is 0 Å². The van der Waals surface area contributed by atoms with Crippen LogP contribution in [0.25, 0.3) is 0 Å². The fourth-order valence-electron chi connectivity index (χ4n) is 2.70. The van der Waals surface area contributed by atoms with Gasteiger partial charge in [-0.3, -0.25) is 0 Å². The molecular formula is C16H34N2. The van der Waals surface area contributed by atoms with Crippen molar-refractivity contribution >= 4 is 0 Å². The van der Waals surface area contributed by atoms with Gasteiger partial charge in [-0.15, -0.1) is 0 Å². The normalized spacial score (nSPS) is 26.8. The van der Waals surface area contributed by atoms with Gasteiger partial charge in [-0.05, 0) is 50.6 Å². The molecule has 2 nitrogen and oxygen atoms in total. The van der Waals surface area contributed by atoms with Gasteiger partial charge in [0.2, 0.25) is 0 Å². The summed E-state index contributed by atoms with van der Waals surface area (Å²) < 4.78 is 0. The molecule has 0 aromatic heterocycles. The second-order valence-electron chi connectivity index (χ2n) is 7.14. The van der Waals surface area contributed by atoms with Crippen LogP contribution < -0.4 is 5.32 Å². The van der Waals surface area contributed by atoms with Gasteiger partial charge < -0.3 is 10.2 Å². The van der Waals surface area contributed by atoms with Gasteiger partial charge in [-0.2, -0.15) is 0 Å². The van der Waals surface area contributed by atoms with Crippen molar-refractivity contribution in [1.82, 2.24) is 10.2 Å². The highest BCUT2D eigenvalue weighted by atomic mass is 15.2. The number of nitrogens with one attached hydrogen (secondary N) is 1. The summed E-state index contributed by atoms with van der Waals surface area (Å²) in [5.74, 6) is 0.751. The van der Waals surface area contributed by atoms with Crippen molar-refractivity contribution in [3.63, 3.8) is 0 Å². The minimum absolute atomic E-state index is 0.429. The first-order valence-electron chi connectivity index (χ1n) is 7.84. The quantitative estimate of drug-likeness (QED) is 0.780. The summed E-state index contributed by atoms with van der Waals surface area (Å²) in [4.78, 5) is 2.70. The van der Waals surface area contributed by atoms with Gasteiger partial charge in [0, 0.05) is 18.6 Å². The Bertz CT molecular complexity index is 235. The zero-order chi connectivity index (χ0) is 13.8. The predicted molar refractivity (Wildman–Crippen MR) is 81.0 cm³/mol. The van der Waals surface area contributed by atoms with Crippen molar-refractivity contribution in [1.29, 1.82) is 0 Å². The van der Waals surface area contributed by atoms with Gasteiger partial charge in [0.05, 0.1) is 0 Å². The molecular weight excluding hydrogens is 220 g/mol. The van der Waals surface area contributed by atoms with E-state index < -0.39 is 0 Å². The van der Waals surface area contributed by atoms with Crippen LogP contribution in [0.4, 0.5) is 0 Å². The van der Waals surface area contributed by atoms with Crippen molar-refractivity contribution in [3.8, 4) is 0 Å². The lowest BCUT2D eigenvalue weighted by atomic mass is 9.80. The summed E-state index contributed by atoms with van der Waals surface area (Å²) in [6, 6.07) is 1.48. The maximum atomic E-state index is 3.68. The average Bonchev–Trinajstić information content (AvgIpc) is 2.29. The molecule has 0 bridgehead atoms. The smallest absolute Gasteiger partial charge is 0.00940 e. The van der Waals surface area contributed by atoms with Crippen LogP contribution in [0, 0.1) is 11.3 Å². The second kappa shape index (κ2) is 6.91. The van der Waals surface area contributed by atoms with E-state index in [1.807, 2.05) is 0 Å². The molecule has 1 fully saturated rings. The lowest BCUT2D eigenvalue weighted by Crippen LogP contribution is -2.50. The summed E-state index contributed by atoms with van der Waals surface area (Å²) in [7, 11) is 0. The zero-order valence-corrected chi connectivity index (χ0v) is 13.4. The summed E-state index contributed by atoms with van der Waals surface area (Å²) in [6.07, 6.45) is 3.88. The summed E-state index contributed by atoms with van der Waals surface area (Å²) in [6.45, 7) is 17.8. The molecule has 0 aliphatic carbocycles. The molecule has 1 saturated heterocycles. The number of hydrogen-bond acceptors (Lipinski definition) is 2. The van der Waals surface area contributed by atoms with Crippen molar-refractivity contribution < 1.29 is 0 Å². The van der Waals surface area contributed by atoms with Gasteiger partial charge in [-0.1, -0.05) is 34.6 Å².